The van der Waals surface area contributed by atoms with Crippen LogP contribution in [0.1, 0.15) is 17.5 Å². The van der Waals surface area contributed by atoms with Crippen LogP contribution in [0, 0.1) is 0 Å². The molecule has 3 rings (SSSR count). The van der Waals surface area contributed by atoms with Gasteiger partial charge in [0, 0.05) is 37.2 Å². The fourth-order valence-corrected chi connectivity index (χ4v) is 2.97. The van der Waals surface area contributed by atoms with Crippen LogP contribution >= 0.6 is 11.6 Å². The van der Waals surface area contributed by atoms with Gasteiger partial charge in [0.05, 0.1) is 5.02 Å². The predicted octanol–water partition coefficient (Wildman–Crippen LogP) is 4.25. The Morgan fingerprint density at radius 3 is 2.90 bits per heavy atom. The maximum Gasteiger partial charge on any atom is 0.115 e. The number of hydrogen-bond acceptors (Lipinski definition) is 2. The normalized spacial score (nSPS) is 14.2. The van der Waals surface area contributed by atoms with Gasteiger partial charge in [0.2, 0.25) is 0 Å². The van der Waals surface area contributed by atoms with Crippen molar-refractivity contribution in [2.24, 2.45) is 0 Å². The minimum atomic E-state index is -0.483. The van der Waals surface area contributed by atoms with Crippen LogP contribution in [-0.2, 0) is 13.1 Å². The van der Waals surface area contributed by atoms with Crippen LogP contribution in [0.5, 0.6) is 0 Å². The molecule has 20 heavy (non-hydrogen) atoms. The van der Waals surface area contributed by atoms with E-state index in [1.807, 2.05) is 12.1 Å². The van der Waals surface area contributed by atoms with E-state index in [4.69, 9.17) is 11.6 Å². The zero-order chi connectivity index (χ0) is 14.1. The third kappa shape index (κ3) is 2.38. The molecule has 1 aromatic carbocycles. The molecule has 2 heterocycles. The second kappa shape index (κ2) is 5.41. The lowest BCUT2D eigenvalue weighted by Crippen LogP contribution is -2.24. The van der Waals surface area contributed by atoms with Crippen molar-refractivity contribution in [1.82, 2.24) is 4.98 Å². The Bertz CT molecular complexity index is 642. The Hall–Kier alpha value is -1.61. The lowest BCUT2D eigenvalue weighted by atomic mass is 9.93. The number of fused-ring (bicyclic) bond motifs is 1. The minimum Gasteiger partial charge on any atom is -0.374 e. The molecule has 4 heteroatoms. The van der Waals surface area contributed by atoms with Gasteiger partial charge in [0.15, 0.2) is 0 Å². The summed E-state index contributed by atoms with van der Waals surface area (Å²) in [5.74, 6) is 0. The second-order valence-electron chi connectivity index (χ2n) is 5.19. The van der Waals surface area contributed by atoms with Crippen LogP contribution in [0.25, 0.3) is 11.1 Å². The summed E-state index contributed by atoms with van der Waals surface area (Å²) in [5.41, 5.74) is 4.88. The van der Waals surface area contributed by atoms with Gasteiger partial charge in [0.1, 0.15) is 6.67 Å². The van der Waals surface area contributed by atoms with E-state index >= 15 is 0 Å². The highest BCUT2D eigenvalue weighted by Crippen LogP contribution is 2.35. The molecule has 1 aliphatic rings. The number of pyridine rings is 1. The zero-order valence-corrected chi connectivity index (χ0v) is 12.1. The van der Waals surface area contributed by atoms with Crippen molar-refractivity contribution in [2.45, 2.75) is 19.5 Å². The lowest BCUT2D eigenvalue weighted by molar-refractivity contribution is 0.486. The first-order valence-corrected chi connectivity index (χ1v) is 7.10. The zero-order valence-electron chi connectivity index (χ0n) is 11.4. The second-order valence-corrected chi connectivity index (χ2v) is 5.63. The number of nitrogens with zero attached hydrogens (tertiary/aromatic N) is 2. The van der Waals surface area contributed by atoms with Crippen molar-refractivity contribution in [3.8, 4) is 11.1 Å². The average molecular weight is 291 g/mol. The number of aromatic nitrogens is 1. The van der Waals surface area contributed by atoms with Gasteiger partial charge in [-0.15, -0.1) is 0 Å². The first kappa shape index (κ1) is 13.4. The van der Waals surface area contributed by atoms with Crippen LogP contribution in [0.3, 0.4) is 0 Å². The van der Waals surface area contributed by atoms with Crippen LogP contribution < -0.4 is 4.90 Å². The van der Waals surface area contributed by atoms with Crippen molar-refractivity contribution in [3.05, 3.63) is 46.7 Å². The van der Waals surface area contributed by atoms with Crippen molar-refractivity contribution in [3.63, 3.8) is 0 Å². The van der Waals surface area contributed by atoms with Gasteiger partial charge in [-0.25, -0.2) is 4.39 Å². The van der Waals surface area contributed by atoms with Crippen molar-refractivity contribution in [1.29, 1.82) is 0 Å². The van der Waals surface area contributed by atoms with E-state index in [0.717, 1.165) is 36.2 Å². The molecule has 1 aliphatic heterocycles. The molecule has 0 saturated carbocycles. The van der Waals surface area contributed by atoms with Crippen LogP contribution in [0.2, 0.25) is 5.02 Å². The molecule has 0 spiro atoms. The fourth-order valence-electron chi connectivity index (χ4n) is 2.80. The molecular weight excluding hydrogens is 275 g/mol. The predicted molar refractivity (Wildman–Crippen MR) is 81.1 cm³/mol. The molecular formula is C16H16ClFN2. The molecule has 0 saturated heterocycles. The van der Waals surface area contributed by atoms with Crippen LogP contribution in [0.4, 0.5) is 10.1 Å². The van der Waals surface area contributed by atoms with Crippen LogP contribution in [-0.4, -0.2) is 18.6 Å². The standard InChI is InChI=1S/C16H16ClFN2/c1-20-4-2-3-11-6-15(12(8-18)7-16(11)20)13-5-14(17)10-19-9-13/h5-7,9-10H,2-4,8H2,1H3. The van der Waals surface area contributed by atoms with Gasteiger partial charge < -0.3 is 4.90 Å². The number of aryl methyl sites for hydroxylation is 1. The Balaban J connectivity index is 2.15. The molecule has 2 aromatic rings. The van der Waals surface area contributed by atoms with E-state index in [1.165, 1.54) is 5.56 Å². The number of halogens is 2. The van der Waals surface area contributed by atoms with Crippen molar-refractivity contribution in [2.75, 3.05) is 18.5 Å². The first-order chi connectivity index (χ1) is 9.69. The maximum absolute atomic E-state index is 13.4. The SMILES string of the molecule is CN1CCCc2cc(-c3cncc(Cl)c3)c(CF)cc21. The molecule has 104 valence electrons. The van der Waals surface area contributed by atoms with Gasteiger partial charge in [-0.3, -0.25) is 4.98 Å². The number of hydrogen-bond donors (Lipinski definition) is 0. The summed E-state index contributed by atoms with van der Waals surface area (Å²) in [4.78, 5) is 6.29. The van der Waals surface area contributed by atoms with E-state index in [1.54, 1.807) is 12.4 Å². The molecule has 0 aliphatic carbocycles. The fraction of sp³-hybridized carbons (Fsp3) is 0.312. The molecule has 2 nitrogen and oxygen atoms in total. The highest BCUT2D eigenvalue weighted by Gasteiger charge is 2.17. The Labute approximate surface area is 123 Å². The van der Waals surface area contributed by atoms with Gasteiger partial charge in [-0.1, -0.05) is 11.6 Å². The smallest absolute Gasteiger partial charge is 0.115 e. The quantitative estimate of drug-likeness (QED) is 0.822. The monoisotopic (exact) mass is 290 g/mol. The number of rotatable bonds is 2. The van der Waals surface area contributed by atoms with E-state index in [2.05, 4.69) is 23.0 Å². The summed E-state index contributed by atoms with van der Waals surface area (Å²) in [6.07, 6.45) is 5.49. The van der Waals surface area contributed by atoms with E-state index in [9.17, 15) is 4.39 Å². The lowest BCUT2D eigenvalue weighted by Gasteiger charge is -2.29. The minimum absolute atomic E-state index is 0.483. The number of benzene rings is 1. The number of alkyl halides is 1. The van der Waals surface area contributed by atoms with E-state index in [-0.39, 0.29) is 0 Å². The van der Waals surface area contributed by atoms with Gasteiger partial charge in [-0.2, -0.15) is 0 Å². The largest absolute Gasteiger partial charge is 0.374 e. The highest BCUT2D eigenvalue weighted by molar-refractivity contribution is 6.30. The molecule has 0 bridgehead atoms. The molecule has 0 fully saturated rings. The summed E-state index contributed by atoms with van der Waals surface area (Å²) >= 11 is 5.99. The summed E-state index contributed by atoms with van der Waals surface area (Å²) < 4.78 is 13.4. The van der Waals surface area contributed by atoms with Gasteiger partial charge in [-0.05, 0) is 47.7 Å². The molecule has 0 amide bonds. The Kier molecular flexibility index (Phi) is 3.62. The topological polar surface area (TPSA) is 16.1 Å². The summed E-state index contributed by atoms with van der Waals surface area (Å²) in [6.45, 7) is 0.541. The molecule has 0 N–H and O–H groups in total. The molecule has 0 radical (unpaired) electrons. The van der Waals surface area contributed by atoms with Gasteiger partial charge in [0.25, 0.3) is 0 Å². The third-order valence-corrected chi connectivity index (χ3v) is 4.02. The average Bonchev–Trinajstić information content (AvgIpc) is 2.46. The van der Waals surface area contributed by atoms with E-state index < -0.39 is 6.67 Å². The molecule has 1 aromatic heterocycles. The van der Waals surface area contributed by atoms with E-state index in [0.29, 0.717) is 10.6 Å². The summed E-state index contributed by atoms with van der Waals surface area (Å²) in [6, 6.07) is 5.89. The first-order valence-electron chi connectivity index (χ1n) is 6.73. The Morgan fingerprint density at radius 1 is 1.30 bits per heavy atom. The number of anilines is 1. The molecule has 0 atom stereocenters. The Morgan fingerprint density at radius 2 is 2.15 bits per heavy atom. The molecule has 0 unspecified atom stereocenters. The summed E-state index contributed by atoms with van der Waals surface area (Å²) in [5, 5.41) is 0.571. The highest BCUT2D eigenvalue weighted by atomic mass is 35.5. The third-order valence-electron chi connectivity index (χ3n) is 3.82. The van der Waals surface area contributed by atoms with Gasteiger partial charge >= 0.3 is 0 Å². The summed E-state index contributed by atoms with van der Waals surface area (Å²) in [7, 11) is 2.06. The van der Waals surface area contributed by atoms with Crippen molar-refractivity contribution < 1.29 is 4.39 Å². The maximum atomic E-state index is 13.4. The van der Waals surface area contributed by atoms with Crippen LogP contribution in [0.15, 0.2) is 30.6 Å². The van der Waals surface area contributed by atoms with Crippen molar-refractivity contribution >= 4 is 17.3 Å².